The Morgan fingerprint density at radius 1 is 1.14 bits per heavy atom. The van der Waals surface area contributed by atoms with E-state index in [4.69, 9.17) is 0 Å². The maximum atomic E-state index is 4.61. The Balaban J connectivity index is 1.79. The van der Waals surface area contributed by atoms with E-state index in [-0.39, 0.29) is 0 Å². The SMILES string of the molecule is CCc1ccccc1Nc1cnnc(N2CCCCC2)n1. The van der Waals surface area contributed by atoms with Crippen molar-refractivity contribution in [3.63, 3.8) is 0 Å². The number of hydrogen-bond donors (Lipinski definition) is 1. The van der Waals surface area contributed by atoms with Crippen LogP contribution in [0.25, 0.3) is 0 Å². The van der Waals surface area contributed by atoms with Gasteiger partial charge in [-0.1, -0.05) is 25.1 Å². The van der Waals surface area contributed by atoms with Crippen molar-refractivity contribution in [2.24, 2.45) is 0 Å². The number of nitrogens with zero attached hydrogens (tertiary/aromatic N) is 4. The number of nitrogens with one attached hydrogen (secondary N) is 1. The second kappa shape index (κ2) is 6.52. The average Bonchev–Trinajstić information content (AvgIpc) is 2.56. The van der Waals surface area contributed by atoms with Crippen LogP contribution < -0.4 is 10.2 Å². The molecule has 0 radical (unpaired) electrons. The fourth-order valence-electron chi connectivity index (χ4n) is 2.67. The van der Waals surface area contributed by atoms with Crippen LogP contribution in [0.1, 0.15) is 31.7 Å². The van der Waals surface area contributed by atoms with Crippen LogP contribution in [0, 0.1) is 0 Å². The Hall–Kier alpha value is -2.17. The van der Waals surface area contributed by atoms with E-state index in [1.165, 1.54) is 24.8 Å². The van der Waals surface area contributed by atoms with Crippen molar-refractivity contribution in [2.45, 2.75) is 32.6 Å². The van der Waals surface area contributed by atoms with Crippen molar-refractivity contribution >= 4 is 17.5 Å². The van der Waals surface area contributed by atoms with Crippen molar-refractivity contribution in [3.8, 4) is 0 Å². The molecule has 0 atom stereocenters. The zero-order valence-electron chi connectivity index (χ0n) is 12.4. The van der Waals surface area contributed by atoms with Gasteiger partial charge in [0.15, 0.2) is 5.82 Å². The van der Waals surface area contributed by atoms with E-state index >= 15 is 0 Å². The van der Waals surface area contributed by atoms with E-state index in [0.29, 0.717) is 0 Å². The molecule has 5 heteroatoms. The molecule has 0 aliphatic carbocycles. The number of hydrogen-bond acceptors (Lipinski definition) is 5. The molecule has 1 aromatic carbocycles. The molecule has 1 aliphatic rings. The highest BCUT2D eigenvalue weighted by atomic mass is 15.3. The monoisotopic (exact) mass is 283 g/mol. The van der Waals surface area contributed by atoms with Crippen LogP contribution in [0.2, 0.25) is 0 Å². The number of anilines is 3. The Labute approximate surface area is 125 Å². The van der Waals surface area contributed by atoms with Gasteiger partial charge >= 0.3 is 0 Å². The number of para-hydroxylation sites is 1. The van der Waals surface area contributed by atoms with Gasteiger partial charge in [-0.15, -0.1) is 5.10 Å². The summed E-state index contributed by atoms with van der Waals surface area (Å²) in [6.45, 7) is 4.20. The van der Waals surface area contributed by atoms with Gasteiger partial charge in [0.05, 0.1) is 6.20 Å². The standard InChI is InChI=1S/C16H21N5/c1-2-13-8-4-5-9-14(13)18-15-12-17-20-16(19-15)21-10-6-3-7-11-21/h4-5,8-9,12H,2-3,6-7,10-11H2,1H3,(H,18,19,20). The summed E-state index contributed by atoms with van der Waals surface area (Å²) in [7, 11) is 0. The second-order valence-electron chi connectivity index (χ2n) is 5.33. The van der Waals surface area contributed by atoms with Crippen LogP contribution in [-0.4, -0.2) is 28.3 Å². The van der Waals surface area contributed by atoms with Gasteiger partial charge in [0.25, 0.3) is 0 Å². The van der Waals surface area contributed by atoms with E-state index in [1.807, 2.05) is 6.07 Å². The molecule has 3 rings (SSSR count). The first-order valence-electron chi connectivity index (χ1n) is 7.66. The molecule has 1 saturated heterocycles. The summed E-state index contributed by atoms with van der Waals surface area (Å²) in [4.78, 5) is 6.82. The van der Waals surface area contributed by atoms with Crippen LogP contribution in [0.4, 0.5) is 17.5 Å². The van der Waals surface area contributed by atoms with E-state index in [1.54, 1.807) is 6.20 Å². The number of rotatable bonds is 4. The fraction of sp³-hybridized carbons (Fsp3) is 0.438. The van der Waals surface area contributed by atoms with Gasteiger partial charge in [0.2, 0.25) is 5.95 Å². The zero-order valence-corrected chi connectivity index (χ0v) is 12.4. The van der Waals surface area contributed by atoms with Crippen LogP contribution in [0.3, 0.4) is 0 Å². The number of aryl methyl sites for hydroxylation is 1. The molecule has 1 aromatic heterocycles. The molecule has 1 N–H and O–H groups in total. The molecule has 21 heavy (non-hydrogen) atoms. The minimum absolute atomic E-state index is 0.730. The second-order valence-corrected chi connectivity index (χ2v) is 5.33. The number of piperidine rings is 1. The quantitative estimate of drug-likeness (QED) is 0.934. The van der Waals surface area contributed by atoms with Gasteiger partial charge in [-0.2, -0.15) is 10.1 Å². The Bertz CT molecular complexity index is 593. The molecular weight excluding hydrogens is 262 g/mol. The molecule has 5 nitrogen and oxygen atoms in total. The van der Waals surface area contributed by atoms with Crippen LogP contribution in [-0.2, 0) is 6.42 Å². The highest BCUT2D eigenvalue weighted by Gasteiger charge is 2.14. The van der Waals surface area contributed by atoms with Crippen molar-refractivity contribution in [1.82, 2.24) is 15.2 Å². The maximum Gasteiger partial charge on any atom is 0.247 e. The van der Waals surface area contributed by atoms with Gasteiger partial charge in [-0.05, 0) is 37.3 Å². The van der Waals surface area contributed by atoms with Crippen LogP contribution in [0.15, 0.2) is 30.5 Å². The minimum atomic E-state index is 0.730. The third-order valence-corrected chi connectivity index (χ3v) is 3.85. The topological polar surface area (TPSA) is 53.9 Å². The summed E-state index contributed by atoms with van der Waals surface area (Å²) in [5.41, 5.74) is 2.36. The first-order valence-corrected chi connectivity index (χ1v) is 7.66. The Morgan fingerprint density at radius 2 is 1.95 bits per heavy atom. The highest BCUT2D eigenvalue weighted by Crippen LogP contribution is 2.21. The summed E-state index contributed by atoms with van der Waals surface area (Å²) in [6, 6.07) is 8.28. The lowest BCUT2D eigenvalue weighted by Gasteiger charge is -2.26. The summed E-state index contributed by atoms with van der Waals surface area (Å²) in [6.07, 6.45) is 6.38. The normalized spacial score (nSPS) is 15.0. The number of benzene rings is 1. The van der Waals surface area contributed by atoms with E-state index in [2.05, 4.69) is 50.5 Å². The van der Waals surface area contributed by atoms with Crippen molar-refractivity contribution in [3.05, 3.63) is 36.0 Å². The molecule has 0 amide bonds. The third kappa shape index (κ3) is 3.29. The largest absolute Gasteiger partial charge is 0.339 e. The third-order valence-electron chi connectivity index (χ3n) is 3.85. The first kappa shape index (κ1) is 13.8. The molecule has 1 fully saturated rings. The molecule has 2 heterocycles. The van der Waals surface area contributed by atoms with E-state index in [0.717, 1.165) is 37.0 Å². The van der Waals surface area contributed by atoms with Crippen LogP contribution in [0.5, 0.6) is 0 Å². The molecule has 1 aliphatic heterocycles. The average molecular weight is 283 g/mol. The smallest absolute Gasteiger partial charge is 0.247 e. The summed E-state index contributed by atoms with van der Waals surface area (Å²) < 4.78 is 0. The van der Waals surface area contributed by atoms with Gasteiger partial charge in [0, 0.05) is 18.8 Å². The summed E-state index contributed by atoms with van der Waals surface area (Å²) in [5.74, 6) is 1.49. The van der Waals surface area contributed by atoms with Gasteiger partial charge in [0.1, 0.15) is 0 Å². The minimum Gasteiger partial charge on any atom is -0.339 e. The molecule has 0 unspecified atom stereocenters. The molecule has 2 aromatic rings. The van der Waals surface area contributed by atoms with Gasteiger partial charge < -0.3 is 10.2 Å². The molecule has 110 valence electrons. The van der Waals surface area contributed by atoms with Crippen molar-refractivity contribution < 1.29 is 0 Å². The lowest BCUT2D eigenvalue weighted by molar-refractivity contribution is 0.565. The summed E-state index contributed by atoms with van der Waals surface area (Å²) in [5, 5.41) is 11.6. The predicted molar refractivity (Wildman–Crippen MR) is 85.0 cm³/mol. The molecular formula is C16H21N5. The lowest BCUT2D eigenvalue weighted by atomic mass is 10.1. The highest BCUT2D eigenvalue weighted by molar-refractivity contribution is 5.60. The van der Waals surface area contributed by atoms with Crippen molar-refractivity contribution in [2.75, 3.05) is 23.3 Å². The van der Waals surface area contributed by atoms with Gasteiger partial charge in [-0.25, -0.2) is 0 Å². The lowest BCUT2D eigenvalue weighted by Crippen LogP contribution is -2.31. The molecule has 0 bridgehead atoms. The van der Waals surface area contributed by atoms with E-state index in [9.17, 15) is 0 Å². The van der Waals surface area contributed by atoms with Crippen LogP contribution >= 0.6 is 0 Å². The van der Waals surface area contributed by atoms with Crippen molar-refractivity contribution in [1.29, 1.82) is 0 Å². The zero-order chi connectivity index (χ0) is 14.5. The Kier molecular flexibility index (Phi) is 4.28. The molecule has 0 saturated carbocycles. The predicted octanol–water partition coefficient (Wildman–Crippen LogP) is 3.17. The fourth-order valence-corrected chi connectivity index (χ4v) is 2.67. The first-order chi connectivity index (χ1) is 10.4. The van der Waals surface area contributed by atoms with E-state index < -0.39 is 0 Å². The summed E-state index contributed by atoms with van der Waals surface area (Å²) >= 11 is 0. The number of aromatic nitrogens is 3. The molecule has 0 spiro atoms. The van der Waals surface area contributed by atoms with Gasteiger partial charge in [-0.3, -0.25) is 0 Å². The Morgan fingerprint density at radius 3 is 2.76 bits per heavy atom. The maximum absolute atomic E-state index is 4.61.